The van der Waals surface area contributed by atoms with E-state index in [2.05, 4.69) is 25.7 Å². The zero-order valence-corrected chi connectivity index (χ0v) is 8.49. The summed E-state index contributed by atoms with van der Waals surface area (Å²) < 4.78 is 0. The van der Waals surface area contributed by atoms with E-state index < -0.39 is 5.97 Å². The van der Waals surface area contributed by atoms with E-state index in [0.29, 0.717) is 23.8 Å². The van der Waals surface area contributed by atoms with E-state index in [4.69, 9.17) is 5.11 Å². The molecular weight excluding hydrogens is 176 g/mol. The molecule has 0 aliphatic heterocycles. The van der Waals surface area contributed by atoms with Crippen molar-refractivity contribution in [3.05, 3.63) is 24.3 Å². The molecule has 0 aromatic rings. The van der Waals surface area contributed by atoms with Gasteiger partial charge in [0.2, 0.25) is 0 Å². The SMILES string of the molecule is C=C(CC12C=CC(CC1C)C2)C(=O)O. The van der Waals surface area contributed by atoms with Crippen LogP contribution in [0.25, 0.3) is 0 Å². The Morgan fingerprint density at radius 2 is 2.43 bits per heavy atom. The largest absolute Gasteiger partial charge is 0.478 e. The van der Waals surface area contributed by atoms with Gasteiger partial charge in [-0.2, -0.15) is 0 Å². The van der Waals surface area contributed by atoms with Crippen LogP contribution >= 0.6 is 0 Å². The molecule has 2 rings (SSSR count). The summed E-state index contributed by atoms with van der Waals surface area (Å²) in [7, 11) is 0. The van der Waals surface area contributed by atoms with Crippen molar-refractivity contribution >= 4 is 5.97 Å². The third-order valence-electron chi connectivity index (χ3n) is 3.83. The normalized spacial score (nSPS) is 38.9. The van der Waals surface area contributed by atoms with Gasteiger partial charge in [0.25, 0.3) is 0 Å². The van der Waals surface area contributed by atoms with Gasteiger partial charge >= 0.3 is 5.97 Å². The van der Waals surface area contributed by atoms with Crippen LogP contribution in [0.2, 0.25) is 0 Å². The lowest BCUT2D eigenvalue weighted by molar-refractivity contribution is -0.133. The molecule has 1 fully saturated rings. The molecule has 1 saturated carbocycles. The quantitative estimate of drug-likeness (QED) is 0.551. The summed E-state index contributed by atoms with van der Waals surface area (Å²) in [6, 6.07) is 0. The maximum Gasteiger partial charge on any atom is 0.330 e. The summed E-state index contributed by atoms with van der Waals surface area (Å²) in [5, 5.41) is 8.83. The van der Waals surface area contributed by atoms with Gasteiger partial charge in [-0.25, -0.2) is 4.79 Å². The van der Waals surface area contributed by atoms with Crippen molar-refractivity contribution in [2.75, 3.05) is 0 Å². The van der Waals surface area contributed by atoms with E-state index in [1.54, 1.807) is 0 Å². The molecular formula is C12H16O2. The van der Waals surface area contributed by atoms with Gasteiger partial charge in [0.15, 0.2) is 0 Å². The average Bonchev–Trinajstić information content (AvgIpc) is 2.60. The van der Waals surface area contributed by atoms with Crippen LogP contribution in [0.15, 0.2) is 24.3 Å². The number of rotatable bonds is 3. The van der Waals surface area contributed by atoms with Crippen LogP contribution in [0.5, 0.6) is 0 Å². The zero-order valence-electron chi connectivity index (χ0n) is 8.49. The first kappa shape index (κ1) is 9.50. The molecule has 2 nitrogen and oxygen atoms in total. The molecule has 2 aliphatic carbocycles. The summed E-state index contributed by atoms with van der Waals surface area (Å²) in [5.74, 6) is 0.440. The zero-order chi connectivity index (χ0) is 10.3. The number of carbonyl (C=O) groups is 1. The fraction of sp³-hybridized carbons (Fsp3) is 0.583. The number of carboxylic acid groups (broad SMARTS) is 1. The second kappa shape index (κ2) is 2.97. The highest BCUT2D eigenvalue weighted by atomic mass is 16.4. The lowest BCUT2D eigenvalue weighted by Gasteiger charge is -2.29. The Morgan fingerprint density at radius 1 is 1.71 bits per heavy atom. The lowest BCUT2D eigenvalue weighted by Crippen LogP contribution is -2.22. The molecule has 0 saturated heterocycles. The maximum atomic E-state index is 10.7. The predicted molar refractivity (Wildman–Crippen MR) is 54.9 cm³/mol. The van der Waals surface area contributed by atoms with Crippen LogP contribution in [0.1, 0.15) is 26.2 Å². The third kappa shape index (κ3) is 1.29. The van der Waals surface area contributed by atoms with Crippen molar-refractivity contribution in [2.45, 2.75) is 26.2 Å². The molecule has 2 bridgehead atoms. The van der Waals surface area contributed by atoms with E-state index in [1.807, 2.05) is 0 Å². The van der Waals surface area contributed by atoms with Crippen molar-refractivity contribution in [3.63, 3.8) is 0 Å². The average molecular weight is 192 g/mol. The topological polar surface area (TPSA) is 37.3 Å². The smallest absolute Gasteiger partial charge is 0.330 e. The van der Waals surface area contributed by atoms with Crippen LogP contribution in [0.4, 0.5) is 0 Å². The second-order valence-corrected chi connectivity index (χ2v) is 4.78. The number of carboxylic acids is 1. The van der Waals surface area contributed by atoms with Crippen molar-refractivity contribution < 1.29 is 9.90 Å². The first-order valence-corrected chi connectivity index (χ1v) is 5.14. The number of fused-ring (bicyclic) bond motifs is 2. The minimum Gasteiger partial charge on any atom is -0.478 e. The summed E-state index contributed by atoms with van der Waals surface area (Å²) in [6.45, 7) is 5.85. The van der Waals surface area contributed by atoms with Gasteiger partial charge in [0, 0.05) is 5.57 Å². The monoisotopic (exact) mass is 192 g/mol. The molecule has 0 amide bonds. The van der Waals surface area contributed by atoms with E-state index in [0.717, 1.165) is 6.42 Å². The van der Waals surface area contributed by atoms with Crippen LogP contribution in [0, 0.1) is 17.3 Å². The van der Waals surface area contributed by atoms with Gasteiger partial charge in [-0.3, -0.25) is 0 Å². The van der Waals surface area contributed by atoms with E-state index in [9.17, 15) is 4.79 Å². The van der Waals surface area contributed by atoms with E-state index in [1.165, 1.54) is 6.42 Å². The summed E-state index contributed by atoms with van der Waals surface area (Å²) >= 11 is 0. The first-order valence-electron chi connectivity index (χ1n) is 5.14. The fourth-order valence-electron chi connectivity index (χ4n) is 2.95. The minimum absolute atomic E-state index is 0.111. The van der Waals surface area contributed by atoms with Gasteiger partial charge in [0.1, 0.15) is 0 Å². The van der Waals surface area contributed by atoms with Crippen molar-refractivity contribution in [1.82, 2.24) is 0 Å². The molecule has 14 heavy (non-hydrogen) atoms. The van der Waals surface area contributed by atoms with E-state index >= 15 is 0 Å². The van der Waals surface area contributed by atoms with Crippen LogP contribution in [-0.4, -0.2) is 11.1 Å². The van der Waals surface area contributed by atoms with Gasteiger partial charge in [-0.15, -0.1) is 0 Å². The lowest BCUT2D eigenvalue weighted by atomic mass is 9.74. The standard InChI is InChI=1S/C12H16O2/c1-8(11(13)14)6-12-4-3-10(7-12)5-9(12)2/h3-4,9-10H,1,5-7H2,2H3,(H,13,14). The Labute approximate surface area is 84.3 Å². The highest BCUT2D eigenvalue weighted by Gasteiger charge is 2.46. The Bertz CT molecular complexity index is 316. The number of hydrogen-bond acceptors (Lipinski definition) is 1. The Hall–Kier alpha value is -1.05. The molecule has 0 radical (unpaired) electrons. The van der Waals surface area contributed by atoms with Gasteiger partial charge in [0.05, 0.1) is 0 Å². The third-order valence-corrected chi connectivity index (χ3v) is 3.83. The molecule has 0 aromatic heterocycles. The molecule has 76 valence electrons. The van der Waals surface area contributed by atoms with Crippen LogP contribution in [-0.2, 0) is 4.79 Å². The van der Waals surface area contributed by atoms with Gasteiger partial charge in [-0.1, -0.05) is 25.7 Å². The number of hydrogen-bond donors (Lipinski definition) is 1. The maximum absolute atomic E-state index is 10.7. The Balaban J connectivity index is 2.14. The molecule has 1 N–H and O–H groups in total. The fourth-order valence-corrected chi connectivity index (χ4v) is 2.95. The molecule has 0 heterocycles. The predicted octanol–water partition coefficient (Wildman–Crippen LogP) is 2.62. The molecule has 3 atom stereocenters. The van der Waals surface area contributed by atoms with Crippen molar-refractivity contribution in [2.24, 2.45) is 17.3 Å². The number of allylic oxidation sites excluding steroid dienone is 2. The van der Waals surface area contributed by atoms with Crippen molar-refractivity contribution in [1.29, 1.82) is 0 Å². The van der Waals surface area contributed by atoms with Gasteiger partial charge in [-0.05, 0) is 36.5 Å². The Kier molecular flexibility index (Phi) is 2.02. The highest BCUT2D eigenvalue weighted by molar-refractivity contribution is 5.85. The van der Waals surface area contributed by atoms with E-state index in [-0.39, 0.29) is 5.41 Å². The molecule has 2 aliphatic rings. The summed E-state index contributed by atoms with van der Waals surface area (Å²) in [4.78, 5) is 10.7. The summed E-state index contributed by atoms with van der Waals surface area (Å²) in [6.07, 6.45) is 7.43. The second-order valence-electron chi connectivity index (χ2n) is 4.78. The molecule has 3 unspecified atom stereocenters. The van der Waals surface area contributed by atoms with Crippen LogP contribution < -0.4 is 0 Å². The minimum atomic E-state index is -0.852. The van der Waals surface area contributed by atoms with Gasteiger partial charge < -0.3 is 5.11 Å². The first-order chi connectivity index (χ1) is 6.53. The summed E-state index contributed by atoms with van der Waals surface area (Å²) in [5.41, 5.74) is 0.462. The molecule has 0 spiro atoms. The van der Waals surface area contributed by atoms with Crippen molar-refractivity contribution in [3.8, 4) is 0 Å². The molecule has 0 aromatic carbocycles. The highest BCUT2D eigenvalue weighted by Crippen LogP contribution is 2.55. The molecule has 2 heteroatoms. The Morgan fingerprint density at radius 3 is 2.86 bits per heavy atom. The number of aliphatic carboxylic acids is 1. The van der Waals surface area contributed by atoms with Crippen LogP contribution in [0.3, 0.4) is 0 Å².